The van der Waals surface area contributed by atoms with Crippen molar-refractivity contribution < 1.29 is 9.53 Å². The van der Waals surface area contributed by atoms with E-state index in [1.165, 1.54) is 5.56 Å². The monoisotopic (exact) mass is 325 g/mol. The molecule has 128 valence electrons. The molecule has 0 aliphatic carbocycles. The van der Waals surface area contributed by atoms with E-state index in [0.29, 0.717) is 5.75 Å². The molecule has 0 aliphatic rings. The predicted molar refractivity (Wildman–Crippen MR) is 99.8 cm³/mol. The topological polar surface area (TPSA) is 38.3 Å². The van der Waals surface area contributed by atoms with Crippen molar-refractivity contribution >= 4 is 11.6 Å². The fraction of sp³-hybridized carbons (Fsp3) is 0.381. The van der Waals surface area contributed by atoms with Gasteiger partial charge >= 0.3 is 0 Å². The molecule has 0 spiro atoms. The Hall–Kier alpha value is -2.29. The average Bonchev–Trinajstić information content (AvgIpc) is 2.50. The Morgan fingerprint density at radius 2 is 1.54 bits per heavy atom. The van der Waals surface area contributed by atoms with Crippen LogP contribution >= 0.6 is 0 Å². The molecule has 2 aromatic rings. The second kappa shape index (κ2) is 7.08. The summed E-state index contributed by atoms with van der Waals surface area (Å²) in [5, 5.41) is 2.97. The number of nitrogens with one attached hydrogen (secondary N) is 1. The van der Waals surface area contributed by atoms with Crippen LogP contribution in [-0.4, -0.2) is 12.0 Å². The maximum atomic E-state index is 12.4. The van der Waals surface area contributed by atoms with Gasteiger partial charge in [0.1, 0.15) is 5.75 Å². The first-order valence-electron chi connectivity index (χ1n) is 8.33. The number of hydrogen-bond donors (Lipinski definition) is 1. The number of amides is 1. The summed E-state index contributed by atoms with van der Waals surface area (Å²) in [6.45, 7) is 12.2. The largest absolute Gasteiger partial charge is 0.481 e. The van der Waals surface area contributed by atoms with E-state index in [2.05, 4.69) is 26.1 Å². The molecule has 2 rings (SSSR count). The summed E-state index contributed by atoms with van der Waals surface area (Å²) < 4.78 is 5.78. The zero-order valence-electron chi connectivity index (χ0n) is 15.4. The highest BCUT2D eigenvalue weighted by Gasteiger charge is 2.18. The van der Waals surface area contributed by atoms with Gasteiger partial charge in [0.05, 0.1) is 0 Å². The molecule has 3 nitrogen and oxygen atoms in total. The van der Waals surface area contributed by atoms with Crippen molar-refractivity contribution in [3.8, 4) is 5.75 Å². The van der Waals surface area contributed by atoms with E-state index in [1.807, 2.05) is 56.3 Å². The van der Waals surface area contributed by atoms with E-state index in [0.717, 1.165) is 16.8 Å². The molecule has 1 amide bonds. The number of benzene rings is 2. The summed E-state index contributed by atoms with van der Waals surface area (Å²) in [6.07, 6.45) is -0.565. The summed E-state index contributed by atoms with van der Waals surface area (Å²) >= 11 is 0. The number of carbonyl (C=O) groups is 1. The van der Waals surface area contributed by atoms with Gasteiger partial charge in [-0.1, -0.05) is 51.1 Å². The Labute approximate surface area is 145 Å². The number of anilines is 1. The number of para-hydroxylation sites is 1. The lowest BCUT2D eigenvalue weighted by atomic mass is 9.87. The number of hydrogen-bond acceptors (Lipinski definition) is 2. The summed E-state index contributed by atoms with van der Waals surface area (Å²) in [4.78, 5) is 12.4. The number of rotatable bonds is 4. The molecule has 24 heavy (non-hydrogen) atoms. The van der Waals surface area contributed by atoms with Crippen molar-refractivity contribution in [1.29, 1.82) is 0 Å². The third-order valence-corrected chi connectivity index (χ3v) is 4.13. The van der Waals surface area contributed by atoms with E-state index >= 15 is 0 Å². The van der Waals surface area contributed by atoms with Crippen LogP contribution in [-0.2, 0) is 10.2 Å². The van der Waals surface area contributed by atoms with Crippen LogP contribution in [0.3, 0.4) is 0 Å². The maximum Gasteiger partial charge on any atom is 0.265 e. The van der Waals surface area contributed by atoms with Crippen LogP contribution in [0.5, 0.6) is 5.75 Å². The fourth-order valence-electron chi connectivity index (χ4n) is 2.53. The van der Waals surface area contributed by atoms with E-state index in [9.17, 15) is 4.79 Å². The molecule has 0 saturated carbocycles. The molecule has 0 radical (unpaired) electrons. The molecule has 0 aromatic heterocycles. The van der Waals surface area contributed by atoms with E-state index in [4.69, 9.17) is 4.74 Å². The Kier molecular flexibility index (Phi) is 5.33. The third-order valence-electron chi connectivity index (χ3n) is 4.13. The summed E-state index contributed by atoms with van der Waals surface area (Å²) in [6, 6.07) is 13.9. The van der Waals surface area contributed by atoms with E-state index in [-0.39, 0.29) is 11.3 Å². The third kappa shape index (κ3) is 4.38. The average molecular weight is 325 g/mol. The van der Waals surface area contributed by atoms with Crippen molar-refractivity contribution in [2.45, 2.75) is 53.1 Å². The van der Waals surface area contributed by atoms with Gasteiger partial charge in [0.25, 0.3) is 5.91 Å². The van der Waals surface area contributed by atoms with Gasteiger partial charge in [0.2, 0.25) is 0 Å². The minimum atomic E-state index is -0.565. The molecule has 0 saturated heterocycles. The molecule has 0 aliphatic heterocycles. The summed E-state index contributed by atoms with van der Waals surface area (Å²) in [5.41, 5.74) is 4.29. The molecular weight excluding hydrogens is 298 g/mol. The smallest absolute Gasteiger partial charge is 0.265 e. The summed E-state index contributed by atoms with van der Waals surface area (Å²) in [7, 11) is 0. The van der Waals surface area contributed by atoms with Gasteiger partial charge in [-0.15, -0.1) is 0 Å². The van der Waals surface area contributed by atoms with Crippen LogP contribution < -0.4 is 10.1 Å². The Balaban J connectivity index is 2.04. The van der Waals surface area contributed by atoms with Crippen molar-refractivity contribution in [3.05, 3.63) is 59.2 Å². The normalized spacial score (nSPS) is 12.6. The van der Waals surface area contributed by atoms with Crippen LogP contribution in [0.25, 0.3) is 0 Å². The molecule has 0 fully saturated rings. The van der Waals surface area contributed by atoms with Gasteiger partial charge in [-0.3, -0.25) is 4.79 Å². The molecule has 1 unspecified atom stereocenters. The van der Waals surface area contributed by atoms with E-state index < -0.39 is 6.10 Å². The predicted octanol–water partition coefficient (Wildman–Crippen LogP) is 5.01. The lowest BCUT2D eigenvalue weighted by Gasteiger charge is -2.20. The molecule has 0 heterocycles. The first kappa shape index (κ1) is 18.1. The van der Waals surface area contributed by atoms with Crippen molar-refractivity contribution in [3.63, 3.8) is 0 Å². The SMILES string of the molecule is Cc1cccc(C)c1NC(=O)C(C)Oc1ccc(C(C)(C)C)cc1. The van der Waals surface area contributed by atoms with Crippen LogP contribution in [0.15, 0.2) is 42.5 Å². The van der Waals surface area contributed by atoms with Crippen LogP contribution in [0, 0.1) is 13.8 Å². The van der Waals surface area contributed by atoms with Crippen molar-refractivity contribution in [2.24, 2.45) is 0 Å². The second-order valence-electron chi connectivity index (χ2n) is 7.29. The maximum absolute atomic E-state index is 12.4. The standard InChI is InChI=1S/C21H27NO2/c1-14-8-7-9-15(2)19(14)22-20(23)16(3)24-18-12-10-17(11-13-18)21(4,5)6/h7-13,16H,1-6H3,(H,22,23). The first-order valence-corrected chi connectivity index (χ1v) is 8.33. The molecule has 3 heteroatoms. The lowest BCUT2D eigenvalue weighted by Crippen LogP contribution is -2.30. The van der Waals surface area contributed by atoms with Gasteiger partial charge in [0.15, 0.2) is 6.10 Å². The Morgan fingerprint density at radius 1 is 1.00 bits per heavy atom. The Morgan fingerprint density at radius 3 is 2.04 bits per heavy atom. The summed E-state index contributed by atoms with van der Waals surface area (Å²) in [5.74, 6) is 0.555. The zero-order chi connectivity index (χ0) is 17.9. The lowest BCUT2D eigenvalue weighted by molar-refractivity contribution is -0.122. The van der Waals surface area contributed by atoms with Crippen molar-refractivity contribution in [1.82, 2.24) is 0 Å². The van der Waals surface area contributed by atoms with Crippen LogP contribution in [0.4, 0.5) is 5.69 Å². The Bertz CT molecular complexity index is 691. The van der Waals surface area contributed by atoms with Crippen molar-refractivity contribution in [2.75, 3.05) is 5.32 Å². The van der Waals surface area contributed by atoms with E-state index in [1.54, 1.807) is 6.92 Å². The molecule has 2 aromatic carbocycles. The van der Waals surface area contributed by atoms with Crippen LogP contribution in [0.2, 0.25) is 0 Å². The highest BCUT2D eigenvalue weighted by molar-refractivity contribution is 5.95. The molecule has 1 N–H and O–H groups in total. The molecule has 0 bridgehead atoms. The number of carbonyl (C=O) groups excluding carboxylic acids is 1. The minimum Gasteiger partial charge on any atom is -0.481 e. The number of aryl methyl sites for hydroxylation is 2. The van der Waals surface area contributed by atoms with Gasteiger partial charge in [-0.2, -0.15) is 0 Å². The zero-order valence-corrected chi connectivity index (χ0v) is 15.4. The number of ether oxygens (including phenoxy) is 1. The second-order valence-corrected chi connectivity index (χ2v) is 7.29. The van der Waals surface area contributed by atoms with Crippen LogP contribution in [0.1, 0.15) is 44.4 Å². The molecule has 1 atom stereocenters. The van der Waals surface area contributed by atoms with Gasteiger partial charge in [-0.05, 0) is 55.0 Å². The highest BCUT2D eigenvalue weighted by Crippen LogP contribution is 2.25. The first-order chi connectivity index (χ1) is 11.2. The minimum absolute atomic E-state index is 0.101. The quantitative estimate of drug-likeness (QED) is 0.858. The molecular formula is C21H27NO2. The van der Waals surface area contributed by atoms with Gasteiger partial charge in [0, 0.05) is 5.69 Å². The van der Waals surface area contributed by atoms with Gasteiger partial charge in [-0.25, -0.2) is 0 Å². The fourth-order valence-corrected chi connectivity index (χ4v) is 2.53. The highest BCUT2D eigenvalue weighted by atomic mass is 16.5. The van der Waals surface area contributed by atoms with Gasteiger partial charge < -0.3 is 10.1 Å².